The topological polar surface area (TPSA) is 78.4 Å². The molecule has 3 rings (SSSR count). The van der Waals surface area contributed by atoms with E-state index < -0.39 is 0 Å². The number of rotatable bonds is 6. The van der Waals surface area contributed by atoms with Crippen LogP contribution < -0.4 is 10.2 Å². The van der Waals surface area contributed by atoms with Crippen LogP contribution >= 0.6 is 0 Å². The molecule has 1 aromatic heterocycles. The quantitative estimate of drug-likeness (QED) is 0.830. The van der Waals surface area contributed by atoms with Crippen molar-refractivity contribution in [2.24, 2.45) is 11.8 Å². The molecule has 1 aliphatic rings. The van der Waals surface area contributed by atoms with Crippen molar-refractivity contribution in [3.05, 3.63) is 41.6 Å². The third-order valence-electron chi connectivity index (χ3n) is 4.95. The molecule has 2 aromatic rings. The van der Waals surface area contributed by atoms with Crippen molar-refractivity contribution in [3.63, 3.8) is 0 Å². The Labute approximate surface area is 165 Å². The van der Waals surface area contributed by atoms with Gasteiger partial charge in [-0.1, -0.05) is 31.2 Å². The van der Waals surface area contributed by atoms with E-state index in [1.54, 1.807) is 25.2 Å². The lowest BCUT2D eigenvalue weighted by Gasteiger charge is -2.16. The highest BCUT2D eigenvalue weighted by Crippen LogP contribution is 2.37. The van der Waals surface area contributed by atoms with Gasteiger partial charge in [-0.05, 0) is 17.9 Å². The van der Waals surface area contributed by atoms with Crippen LogP contribution in [0.1, 0.15) is 29.3 Å². The van der Waals surface area contributed by atoms with Crippen LogP contribution in [0.5, 0.6) is 0 Å². The summed E-state index contributed by atoms with van der Waals surface area (Å²) in [6, 6.07) is 7.76. The zero-order valence-electron chi connectivity index (χ0n) is 17.1. The van der Waals surface area contributed by atoms with Crippen LogP contribution in [-0.2, 0) is 11.3 Å². The van der Waals surface area contributed by atoms with Crippen LogP contribution in [0.3, 0.4) is 0 Å². The van der Waals surface area contributed by atoms with Gasteiger partial charge in [0.2, 0.25) is 11.9 Å². The molecule has 1 aliphatic carbocycles. The summed E-state index contributed by atoms with van der Waals surface area (Å²) >= 11 is 0. The second-order valence-corrected chi connectivity index (χ2v) is 7.76. The van der Waals surface area contributed by atoms with Gasteiger partial charge in [-0.25, -0.2) is 9.97 Å². The van der Waals surface area contributed by atoms with E-state index >= 15 is 0 Å². The van der Waals surface area contributed by atoms with Crippen LogP contribution in [0.4, 0.5) is 5.95 Å². The molecule has 2 amide bonds. The lowest BCUT2D eigenvalue weighted by atomic mass is 10.0. The Morgan fingerprint density at radius 2 is 1.79 bits per heavy atom. The first-order valence-electron chi connectivity index (χ1n) is 9.41. The standard InChI is InChI=1S/C21H27N5O2/c1-13-10-16(13)19(27)22-11-14-6-8-15(9-7-14)18-17(20(28)25(2)3)12-23-21(24-18)26(4)5/h6-9,12-13,16H,10-11H2,1-5H3,(H,22,27)/t13-,16-/m1/s1. The number of nitrogens with one attached hydrogen (secondary N) is 1. The summed E-state index contributed by atoms with van der Waals surface area (Å²) in [6.45, 7) is 2.59. The summed E-state index contributed by atoms with van der Waals surface area (Å²) in [6.07, 6.45) is 2.56. The van der Waals surface area contributed by atoms with E-state index in [2.05, 4.69) is 22.2 Å². The molecule has 0 radical (unpaired) electrons. The summed E-state index contributed by atoms with van der Waals surface area (Å²) in [5, 5.41) is 2.99. The number of amides is 2. The van der Waals surface area contributed by atoms with E-state index in [0.29, 0.717) is 29.7 Å². The number of anilines is 1. The molecule has 1 saturated carbocycles. The number of hydrogen-bond donors (Lipinski definition) is 1. The molecule has 2 atom stereocenters. The maximum atomic E-state index is 12.5. The number of hydrogen-bond acceptors (Lipinski definition) is 5. The second kappa shape index (κ2) is 7.96. The molecule has 0 saturated heterocycles. The van der Waals surface area contributed by atoms with Crippen molar-refractivity contribution < 1.29 is 9.59 Å². The minimum Gasteiger partial charge on any atom is -0.352 e. The Balaban J connectivity index is 1.82. The third-order valence-corrected chi connectivity index (χ3v) is 4.95. The Kier molecular flexibility index (Phi) is 5.63. The van der Waals surface area contributed by atoms with Gasteiger partial charge in [-0.15, -0.1) is 0 Å². The zero-order valence-corrected chi connectivity index (χ0v) is 17.1. The van der Waals surface area contributed by atoms with Gasteiger partial charge in [0, 0.05) is 52.4 Å². The van der Waals surface area contributed by atoms with Gasteiger partial charge in [0.25, 0.3) is 5.91 Å². The Hall–Kier alpha value is -2.96. The fraction of sp³-hybridized carbons (Fsp3) is 0.429. The number of carbonyl (C=O) groups is 2. The number of nitrogens with zero attached hydrogens (tertiary/aromatic N) is 4. The average molecular weight is 381 g/mol. The molecule has 7 heteroatoms. The van der Waals surface area contributed by atoms with E-state index in [9.17, 15) is 9.59 Å². The minimum absolute atomic E-state index is 0.127. The molecule has 0 unspecified atom stereocenters. The number of aromatic nitrogens is 2. The van der Waals surface area contributed by atoms with Crippen LogP contribution in [-0.4, -0.2) is 54.9 Å². The molecular weight excluding hydrogens is 354 g/mol. The van der Waals surface area contributed by atoms with Gasteiger partial charge in [-0.3, -0.25) is 9.59 Å². The summed E-state index contributed by atoms with van der Waals surface area (Å²) in [7, 11) is 7.13. The molecule has 1 N–H and O–H groups in total. The van der Waals surface area contributed by atoms with Crippen molar-refractivity contribution >= 4 is 17.8 Å². The normalized spacial score (nSPS) is 17.8. The molecule has 148 valence electrons. The largest absolute Gasteiger partial charge is 0.352 e. The first-order valence-corrected chi connectivity index (χ1v) is 9.41. The Morgan fingerprint density at radius 1 is 1.14 bits per heavy atom. The first-order chi connectivity index (χ1) is 13.3. The number of carbonyl (C=O) groups excluding carboxylic acids is 2. The predicted octanol–water partition coefficient (Wildman–Crippen LogP) is 2.18. The summed E-state index contributed by atoms with van der Waals surface area (Å²) < 4.78 is 0. The van der Waals surface area contributed by atoms with Gasteiger partial charge in [0.15, 0.2) is 0 Å². The van der Waals surface area contributed by atoms with Crippen LogP contribution in [0, 0.1) is 11.8 Å². The van der Waals surface area contributed by atoms with Gasteiger partial charge >= 0.3 is 0 Å². The molecular formula is C21H27N5O2. The van der Waals surface area contributed by atoms with Crippen molar-refractivity contribution in [2.75, 3.05) is 33.1 Å². The van der Waals surface area contributed by atoms with E-state index in [0.717, 1.165) is 17.5 Å². The van der Waals surface area contributed by atoms with Gasteiger partial charge in [0.1, 0.15) is 0 Å². The Bertz CT molecular complexity index is 877. The van der Waals surface area contributed by atoms with E-state index in [-0.39, 0.29) is 17.7 Å². The highest BCUT2D eigenvalue weighted by atomic mass is 16.2. The highest BCUT2D eigenvalue weighted by molar-refractivity contribution is 5.99. The number of benzene rings is 1. The fourth-order valence-corrected chi connectivity index (χ4v) is 2.99. The van der Waals surface area contributed by atoms with E-state index in [1.807, 2.05) is 38.4 Å². The highest BCUT2D eigenvalue weighted by Gasteiger charge is 2.38. The minimum atomic E-state index is -0.143. The van der Waals surface area contributed by atoms with Crippen LogP contribution in [0.25, 0.3) is 11.3 Å². The molecule has 1 aromatic carbocycles. The van der Waals surface area contributed by atoms with Crippen molar-refractivity contribution in [3.8, 4) is 11.3 Å². The molecule has 0 spiro atoms. The zero-order chi connectivity index (χ0) is 20.4. The molecule has 0 aliphatic heterocycles. The monoisotopic (exact) mass is 381 g/mol. The molecule has 28 heavy (non-hydrogen) atoms. The second-order valence-electron chi connectivity index (χ2n) is 7.76. The van der Waals surface area contributed by atoms with Gasteiger partial charge in [-0.2, -0.15) is 0 Å². The van der Waals surface area contributed by atoms with E-state index in [1.165, 1.54) is 4.90 Å². The van der Waals surface area contributed by atoms with Crippen molar-refractivity contribution in [1.82, 2.24) is 20.2 Å². The summed E-state index contributed by atoms with van der Waals surface area (Å²) in [5.74, 6) is 1.19. The third kappa shape index (κ3) is 4.30. The lowest BCUT2D eigenvalue weighted by molar-refractivity contribution is -0.122. The SMILES string of the molecule is C[C@@H]1C[C@H]1C(=O)NCc1ccc(-c2nc(N(C)C)ncc2C(=O)N(C)C)cc1. The predicted molar refractivity (Wildman–Crippen MR) is 109 cm³/mol. The fourth-order valence-electron chi connectivity index (χ4n) is 2.99. The maximum absolute atomic E-state index is 12.5. The smallest absolute Gasteiger partial charge is 0.257 e. The molecule has 0 bridgehead atoms. The first kappa shape index (κ1) is 19.8. The van der Waals surface area contributed by atoms with Crippen LogP contribution in [0.15, 0.2) is 30.5 Å². The summed E-state index contributed by atoms with van der Waals surface area (Å²) in [4.78, 5) is 36.7. The van der Waals surface area contributed by atoms with E-state index in [4.69, 9.17) is 0 Å². The van der Waals surface area contributed by atoms with Crippen molar-refractivity contribution in [2.45, 2.75) is 19.9 Å². The van der Waals surface area contributed by atoms with Crippen LogP contribution in [0.2, 0.25) is 0 Å². The van der Waals surface area contributed by atoms with Gasteiger partial charge < -0.3 is 15.1 Å². The molecule has 1 fully saturated rings. The van der Waals surface area contributed by atoms with Gasteiger partial charge in [0.05, 0.1) is 11.3 Å². The molecule has 1 heterocycles. The summed E-state index contributed by atoms with van der Waals surface area (Å²) in [5.41, 5.74) is 2.90. The van der Waals surface area contributed by atoms with Crippen molar-refractivity contribution in [1.29, 1.82) is 0 Å². The molecule has 7 nitrogen and oxygen atoms in total. The lowest BCUT2D eigenvalue weighted by Crippen LogP contribution is -2.25. The Morgan fingerprint density at radius 3 is 2.32 bits per heavy atom. The average Bonchev–Trinajstić information content (AvgIpc) is 3.42. The maximum Gasteiger partial charge on any atom is 0.257 e.